The van der Waals surface area contributed by atoms with Gasteiger partial charge in [-0.3, -0.25) is 15.6 Å². The van der Waals surface area contributed by atoms with Crippen molar-refractivity contribution in [1.29, 1.82) is 0 Å². The van der Waals surface area contributed by atoms with Crippen molar-refractivity contribution in [3.63, 3.8) is 0 Å². The molecule has 0 saturated heterocycles. The summed E-state index contributed by atoms with van der Waals surface area (Å²) in [4.78, 5) is 11.9. The largest absolute Gasteiger partial charge is 0.331 e. The molecule has 170 valence electrons. The highest BCUT2D eigenvalue weighted by atomic mass is 32.1. The molecule has 0 spiro atoms. The highest BCUT2D eigenvalue weighted by molar-refractivity contribution is 7.80. The van der Waals surface area contributed by atoms with Crippen molar-refractivity contribution in [3.8, 4) is 0 Å². The second kappa shape index (κ2) is 19.3. The first-order valence-corrected chi connectivity index (χ1v) is 12.5. The summed E-state index contributed by atoms with van der Waals surface area (Å²) < 4.78 is 0. The van der Waals surface area contributed by atoms with Crippen LogP contribution in [-0.2, 0) is 4.79 Å². The van der Waals surface area contributed by atoms with Crippen LogP contribution in [0.2, 0.25) is 0 Å². The number of carbonyl (C=O) groups is 1. The van der Waals surface area contributed by atoms with Crippen LogP contribution in [0.25, 0.3) is 0 Å². The number of benzene rings is 1. The first-order chi connectivity index (χ1) is 14.7. The van der Waals surface area contributed by atoms with E-state index in [-0.39, 0.29) is 5.91 Å². The number of hydrogen-bond donors (Lipinski definition) is 3. The average Bonchev–Trinajstić information content (AvgIpc) is 2.75. The lowest BCUT2D eigenvalue weighted by molar-refractivity contribution is -0.121. The minimum Gasteiger partial charge on any atom is -0.331 e. The lowest BCUT2D eigenvalue weighted by Gasteiger charge is -2.11. The van der Waals surface area contributed by atoms with Gasteiger partial charge in [0.15, 0.2) is 5.11 Å². The smallest absolute Gasteiger partial charge is 0.238 e. The number of amides is 1. The Balaban J connectivity index is 1.82. The number of unbranched alkanes of at least 4 members (excludes halogenated alkanes) is 14. The van der Waals surface area contributed by atoms with Crippen molar-refractivity contribution >= 4 is 28.9 Å². The highest BCUT2D eigenvalue weighted by Gasteiger charge is 2.02. The van der Waals surface area contributed by atoms with Gasteiger partial charge in [-0.2, -0.15) is 0 Å². The van der Waals surface area contributed by atoms with E-state index >= 15 is 0 Å². The predicted molar refractivity (Wildman–Crippen MR) is 133 cm³/mol. The minimum atomic E-state index is -0.0121. The molecule has 0 atom stereocenters. The Morgan fingerprint density at radius 2 is 1.17 bits per heavy atom. The van der Waals surface area contributed by atoms with E-state index in [2.05, 4.69) is 23.1 Å². The van der Waals surface area contributed by atoms with Crippen LogP contribution < -0.4 is 16.2 Å². The van der Waals surface area contributed by atoms with E-state index in [1.54, 1.807) is 0 Å². The van der Waals surface area contributed by atoms with Crippen molar-refractivity contribution in [1.82, 2.24) is 10.9 Å². The number of hydrazine groups is 1. The maximum Gasteiger partial charge on any atom is 0.238 e. The van der Waals surface area contributed by atoms with Crippen molar-refractivity contribution < 1.29 is 4.79 Å². The maximum atomic E-state index is 11.9. The van der Waals surface area contributed by atoms with Crippen LogP contribution in [0.15, 0.2) is 30.3 Å². The van der Waals surface area contributed by atoms with Gasteiger partial charge < -0.3 is 5.32 Å². The fraction of sp³-hybridized carbons (Fsp3) is 0.680. The van der Waals surface area contributed by atoms with Gasteiger partial charge in [-0.25, -0.2) is 0 Å². The van der Waals surface area contributed by atoms with Gasteiger partial charge in [0.05, 0.1) is 0 Å². The molecule has 3 N–H and O–H groups in total. The first kappa shape index (κ1) is 26.4. The van der Waals surface area contributed by atoms with E-state index < -0.39 is 0 Å². The van der Waals surface area contributed by atoms with E-state index in [1.807, 2.05) is 30.3 Å². The van der Waals surface area contributed by atoms with E-state index in [1.165, 1.54) is 83.5 Å². The van der Waals surface area contributed by atoms with E-state index in [4.69, 9.17) is 12.2 Å². The Hall–Kier alpha value is -1.62. The molecule has 0 aliphatic rings. The van der Waals surface area contributed by atoms with Gasteiger partial charge in [-0.1, -0.05) is 115 Å². The van der Waals surface area contributed by atoms with Gasteiger partial charge in [0, 0.05) is 12.1 Å². The minimum absolute atomic E-state index is 0.0121. The third-order valence-electron chi connectivity index (χ3n) is 5.35. The molecule has 0 heterocycles. The second-order valence-electron chi connectivity index (χ2n) is 8.19. The molecule has 4 nitrogen and oxygen atoms in total. The van der Waals surface area contributed by atoms with Gasteiger partial charge >= 0.3 is 0 Å². The zero-order valence-electron chi connectivity index (χ0n) is 19.0. The summed E-state index contributed by atoms with van der Waals surface area (Å²) in [6.45, 7) is 2.28. The fourth-order valence-corrected chi connectivity index (χ4v) is 3.70. The highest BCUT2D eigenvalue weighted by Crippen LogP contribution is 2.13. The maximum absolute atomic E-state index is 11.9. The van der Waals surface area contributed by atoms with Crippen molar-refractivity contribution in [2.75, 3.05) is 5.32 Å². The van der Waals surface area contributed by atoms with Gasteiger partial charge in [0.2, 0.25) is 5.91 Å². The zero-order chi connectivity index (χ0) is 21.7. The molecule has 1 amide bonds. The van der Waals surface area contributed by atoms with Gasteiger partial charge in [0.25, 0.3) is 0 Å². The monoisotopic (exact) mass is 433 g/mol. The number of nitrogens with one attached hydrogen (secondary N) is 3. The summed E-state index contributed by atoms with van der Waals surface area (Å²) in [5.41, 5.74) is 6.31. The molecular formula is C25H43N3OS. The summed E-state index contributed by atoms with van der Waals surface area (Å²) in [7, 11) is 0. The van der Waals surface area contributed by atoms with Crippen LogP contribution in [0, 0.1) is 0 Å². The lowest BCUT2D eigenvalue weighted by Crippen LogP contribution is -2.43. The molecule has 1 aromatic carbocycles. The second-order valence-corrected chi connectivity index (χ2v) is 8.60. The summed E-state index contributed by atoms with van der Waals surface area (Å²) in [5.74, 6) is -0.0121. The molecular weight excluding hydrogens is 390 g/mol. The molecule has 0 aliphatic carbocycles. The topological polar surface area (TPSA) is 53.2 Å². The van der Waals surface area contributed by atoms with Crippen LogP contribution in [0.3, 0.4) is 0 Å². The molecule has 0 saturated carbocycles. The molecule has 0 fully saturated rings. The number of rotatable bonds is 17. The van der Waals surface area contributed by atoms with Crippen LogP contribution in [0.4, 0.5) is 5.69 Å². The molecule has 1 aromatic rings. The number of anilines is 1. The van der Waals surface area contributed by atoms with Crippen molar-refractivity contribution in [3.05, 3.63) is 30.3 Å². The molecule has 0 unspecified atom stereocenters. The third-order valence-corrected chi connectivity index (χ3v) is 5.56. The zero-order valence-corrected chi connectivity index (χ0v) is 19.8. The third kappa shape index (κ3) is 16.2. The Bertz CT molecular complexity index is 551. The normalized spacial score (nSPS) is 10.6. The predicted octanol–water partition coefficient (Wildman–Crippen LogP) is 7.27. The number of carbonyl (C=O) groups excluding carboxylic acids is 1. The molecule has 0 aromatic heterocycles. The summed E-state index contributed by atoms with van der Waals surface area (Å²) in [6, 6.07) is 9.65. The lowest BCUT2D eigenvalue weighted by atomic mass is 10.0. The Morgan fingerprint density at radius 1 is 0.700 bits per heavy atom. The molecule has 30 heavy (non-hydrogen) atoms. The Morgan fingerprint density at radius 3 is 1.67 bits per heavy atom. The number of hydrogen-bond acceptors (Lipinski definition) is 2. The van der Waals surface area contributed by atoms with E-state index in [0.717, 1.165) is 18.5 Å². The summed E-state index contributed by atoms with van der Waals surface area (Å²) in [5, 5.41) is 3.42. The standard InChI is InChI=1S/C25H43N3OS/c1-2-3-4-5-6-7-8-9-10-11-12-13-14-15-19-22-24(29)27-28-25(30)26-23-20-17-16-18-21-23/h16-18,20-21H,2-15,19,22H2,1H3,(H,27,29)(H2,26,28,30). The SMILES string of the molecule is CCCCCCCCCCCCCCCCCC(=O)NNC(=S)Nc1ccccc1. The van der Waals surface area contributed by atoms with Gasteiger partial charge in [-0.05, 0) is 30.8 Å². The van der Waals surface area contributed by atoms with Crippen molar-refractivity contribution in [2.45, 2.75) is 110 Å². The van der Waals surface area contributed by atoms with E-state index in [0.29, 0.717) is 11.5 Å². The Labute approximate surface area is 190 Å². The number of thiocarbonyl (C=S) groups is 1. The quantitative estimate of drug-likeness (QED) is 0.137. The Kier molecular flexibility index (Phi) is 17.0. The number of para-hydroxylation sites is 1. The molecule has 0 radical (unpaired) electrons. The van der Waals surface area contributed by atoms with Gasteiger partial charge in [-0.15, -0.1) is 0 Å². The van der Waals surface area contributed by atoms with Crippen molar-refractivity contribution in [2.24, 2.45) is 0 Å². The van der Waals surface area contributed by atoms with E-state index in [9.17, 15) is 4.79 Å². The molecule has 0 bridgehead atoms. The molecule has 5 heteroatoms. The van der Waals surface area contributed by atoms with Crippen LogP contribution in [-0.4, -0.2) is 11.0 Å². The van der Waals surface area contributed by atoms with Gasteiger partial charge in [0.1, 0.15) is 0 Å². The van der Waals surface area contributed by atoms with Crippen LogP contribution in [0.5, 0.6) is 0 Å². The first-order valence-electron chi connectivity index (χ1n) is 12.1. The molecule has 0 aliphatic heterocycles. The summed E-state index contributed by atoms with van der Waals surface area (Å²) >= 11 is 5.17. The summed E-state index contributed by atoms with van der Waals surface area (Å²) in [6.07, 6.45) is 20.5. The van der Waals surface area contributed by atoms with Crippen LogP contribution >= 0.6 is 12.2 Å². The molecule has 1 rings (SSSR count). The fourth-order valence-electron chi connectivity index (χ4n) is 3.53. The van der Waals surface area contributed by atoms with Crippen LogP contribution in [0.1, 0.15) is 110 Å². The average molecular weight is 434 g/mol.